The highest BCUT2D eigenvalue weighted by Gasteiger charge is 2.28. The number of esters is 1. The number of carbonyl (C=O) groups excluding carboxylic acids is 1. The normalized spacial score (nSPS) is 17.3. The Kier molecular flexibility index (Phi) is 4.44. The van der Waals surface area contributed by atoms with E-state index in [1.54, 1.807) is 30.2 Å². The molecular formula is C17H14F2N2O2S. The first-order chi connectivity index (χ1) is 11.5. The minimum Gasteiger partial charge on any atom is -0.466 e. The van der Waals surface area contributed by atoms with Crippen LogP contribution in [0.2, 0.25) is 0 Å². The number of carbonyl (C=O) groups is 1. The predicted octanol–water partition coefficient (Wildman–Crippen LogP) is 3.74. The maximum atomic E-state index is 13.4. The quantitative estimate of drug-likeness (QED) is 0.794. The fraction of sp³-hybridized carbons (Fsp3) is 0.176. The summed E-state index contributed by atoms with van der Waals surface area (Å²) in [5.74, 6) is -0.723. The van der Waals surface area contributed by atoms with E-state index in [-0.39, 0.29) is 11.6 Å². The molecular weight excluding hydrogens is 334 g/mol. The van der Waals surface area contributed by atoms with Crippen LogP contribution in [-0.2, 0) is 9.53 Å². The predicted molar refractivity (Wildman–Crippen MR) is 89.3 cm³/mol. The minimum atomic E-state index is -0.491. The number of thiophene rings is 1. The second-order valence-electron chi connectivity index (χ2n) is 5.18. The van der Waals surface area contributed by atoms with E-state index in [2.05, 4.69) is 4.99 Å². The number of anilines is 1. The summed E-state index contributed by atoms with van der Waals surface area (Å²) in [6.07, 6.45) is 1.60. The van der Waals surface area contributed by atoms with Crippen LogP contribution in [0, 0.1) is 11.6 Å². The summed E-state index contributed by atoms with van der Waals surface area (Å²) < 4.78 is 31.4. The van der Waals surface area contributed by atoms with Gasteiger partial charge in [0.25, 0.3) is 0 Å². The van der Waals surface area contributed by atoms with E-state index in [0.29, 0.717) is 22.0 Å². The van der Waals surface area contributed by atoms with Crippen molar-refractivity contribution in [1.82, 2.24) is 0 Å². The Morgan fingerprint density at radius 2 is 1.96 bits per heavy atom. The monoisotopic (exact) mass is 348 g/mol. The summed E-state index contributed by atoms with van der Waals surface area (Å²) in [7, 11) is 1.30. The van der Waals surface area contributed by atoms with Gasteiger partial charge in [-0.3, -0.25) is 4.99 Å². The van der Waals surface area contributed by atoms with Gasteiger partial charge in [0.15, 0.2) is 5.84 Å². The molecule has 3 rings (SSSR count). The average Bonchev–Trinajstić information content (AvgIpc) is 3.01. The molecule has 7 heteroatoms. The first-order valence-corrected chi connectivity index (χ1v) is 8.04. The van der Waals surface area contributed by atoms with Crippen molar-refractivity contribution < 1.29 is 18.3 Å². The Bertz CT molecular complexity index is 827. The van der Waals surface area contributed by atoms with Crippen molar-refractivity contribution in [3.63, 3.8) is 0 Å². The lowest BCUT2D eigenvalue weighted by molar-refractivity contribution is -0.136. The first kappa shape index (κ1) is 16.3. The molecule has 0 fully saturated rings. The molecule has 24 heavy (non-hydrogen) atoms. The van der Waals surface area contributed by atoms with Crippen molar-refractivity contribution in [2.24, 2.45) is 4.99 Å². The number of aliphatic imine (C=N–C) groups is 1. The van der Waals surface area contributed by atoms with E-state index in [4.69, 9.17) is 4.74 Å². The highest BCUT2D eigenvalue weighted by Crippen LogP contribution is 2.28. The standard InChI is InChI=1S/C17H14F2N2O2S/c1-10-14(17(22)23-2)8-21(13-5-3-11(18)4-6-13)16(20-10)15-7-12(19)9-24-15/h3-10H,1-2H3. The molecule has 1 aromatic carbocycles. The average molecular weight is 348 g/mol. The molecule has 0 bridgehead atoms. The molecule has 1 aliphatic heterocycles. The van der Waals surface area contributed by atoms with Gasteiger partial charge in [-0.05, 0) is 37.3 Å². The van der Waals surface area contributed by atoms with Gasteiger partial charge < -0.3 is 9.64 Å². The summed E-state index contributed by atoms with van der Waals surface area (Å²) in [5.41, 5.74) is 0.972. The number of nitrogens with zero attached hydrogens (tertiary/aromatic N) is 2. The molecule has 1 atom stereocenters. The number of benzene rings is 1. The van der Waals surface area contributed by atoms with Gasteiger partial charge in [-0.2, -0.15) is 0 Å². The van der Waals surface area contributed by atoms with Gasteiger partial charge in [0.05, 0.1) is 23.6 Å². The molecule has 0 saturated heterocycles. The van der Waals surface area contributed by atoms with Gasteiger partial charge in [-0.15, -0.1) is 11.3 Å². The number of ether oxygens (including phenoxy) is 1. The second-order valence-corrected chi connectivity index (χ2v) is 6.09. The second kappa shape index (κ2) is 6.52. The maximum absolute atomic E-state index is 13.4. The lowest BCUT2D eigenvalue weighted by atomic mass is 10.1. The van der Waals surface area contributed by atoms with Crippen LogP contribution in [0.1, 0.15) is 11.8 Å². The zero-order valence-electron chi connectivity index (χ0n) is 13.0. The van der Waals surface area contributed by atoms with Crippen LogP contribution in [0.25, 0.3) is 0 Å². The minimum absolute atomic E-state index is 0.354. The molecule has 1 unspecified atom stereocenters. The van der Waals surface area contributed by atoms with Crippen molar-refractivity contribution in [3.8, 4) is 0 Å². The van der Waals surface area contributed by atoms with Crippen LogP contribution in [0.5, 0.6) is 0 Å². The number of hydrogen-bond acceptors (Lipinski definition) is 5. The third-order valence-electron chi connectivity index (χ3n) is 3.58. The van der Waals surface area contributed by atoms with Crippen LogP contribution in [0.4, 0.5) is 14.5 Å². The Labute approximate surface area is 141 Å². The molecule has 1 aromatic heterocycles. The van der Waals surface area contributed by atoms with E-state index >= 15 is 0 Å². The Morgan fingerprint density at radius 1 is 1.25 bits per heavy atom. The smallest absolute Gasteiger partial charge is 0.337 e. The molecule has 2 aromatic rings. The number of halogens is 2. The molecule has 0 amide bonds. The summed E-state index contributed by atoms with van der Waals surface area (Å²) in [5, 5.41) is 1.38. The third-order valence-corrected chi connectivity index (χ3v) is 4.47. The fourth-order valence-electron chi connectivity index (χ4n) is 2.38. The summed E-state index contributed by atoms with van der Waals surface area (Å²) >= 11 is 1.21. The molecule has 124 valence electrons. The molecule has 0 saturated carbocycles. The number of rotatable bonds is 3. The van der Waals surface area contributed by atoms with Crippen LogP contribution in [0.3, 0.4) is 0 Å². The van der Waals surface area contributed by atoms with Gasteiger partial charge in [0.1, 0.15) is 11.6 Å². The fourth-order valence-corrected chi connectivity index (χ4v) is 3.12. The zero-order chi connectivity index (χ0) is 17.3. The van der Waals surface area contributed by atoms with Crippen molar-refractivity contribution >= 4 is 28.8 Å². The summed E-state index contributed by atoms with van der Waals surface area (Å²) in [4.78, 5) is 18.7. The van der Waals surface area contributed by atoms with Gasteiger partial charge >= 0.3 is 5.97 Å². The highest BCUT2D eigenvalue weighted by molar-refractivity contribution is 7.12. The van der Waals surface area contributed by atoms with E-state index in [1.165, 1.54) is 42.0 Å². The maximum Gasteiger partial charge on any atom is 0.337 e. The van der Waals surface area contributed by atoms with E-state index in [1.807, 2.05) is 0 Å². The van der Waals surface area contributed by atoms with E-state index < -0.39 is 12.0 Å². The van der Waals surface area contributed by atoms with Crippen LogP contribution >= 0.6 is 11.3 Å². The van der Waals surface area contributed by atoms with Gasteiger partial charge in [-0.1, -0.05) is 0 Å². The van der Waals surface area contributed by atoms with Gasteiger partial charge in [0, 0.05) is 17.3 Å². The Balaban J connectivity index is 2.09. The van der Waals surface area contributed by atoms with Crippen molar-refractivity contribution in [2.45, 2.75) is 13.0 Å². The Hall–Kier alpha value is -2.54. The third kappa shape index (κ3) is 3.07. The zero-order valence-corrected chi connectivity index (χ0v) is 13.8. The highest BCUT2D eigenvalue weighted by atomic mass is 32.1. The SMILES string of the molecule is COC(=O)C1=CN(c2ccc(F)cc2)C(c2cc(F)cs2)=NC1C. The molecule has 0 spiro atoms. The summed E-state index contributed by atoms with van der Waals surface area (Å²) in [6.45, 7) is 1.76. The van der Waals surface area contributed by atoms with Gasteiger partial charge in [0.2, 0.25) is 0 Å². The van der Waals surface area contributed by atoms with Crippen molar-refractivity contribution in [1.29, 1.82) is 0 Å². The number of methoxy groups -OCH3 is 1. The lowest BCUT2D eigenvalue weighted by Crippen LogP contribution is -2.34. The molecule has 2 heterocycles. The molecule has 0 radical (unpaired) electrons. The molecule has 1 aliphatic rings. The van der Waals surface area contributed by atoms with Crippen LogP contribution in [-0.4, -0.2) is 25.0 Å². The van der Waals surface area contributed by atoms with E-state index in [0.717, 1.165) is 0 Å². The van der Waals surface area contributed by atoms with Crippen LogP contribution < -0.4 is 4.90 Å². The molecule has 0 aliphatic carbocycles. The van der Waals surface area contributed by atoms with Crippen LogP contribution in [0.15, 0.2) is 52.5 Å². The topological polar surface area (TPSA) is 41.9 Å². The van der Waals surface area contributed by atoms with Gasteiger partial charge in [-0.25, -0.2) is 13.6 Å². The summed E-state index contributed by atoms with van der Waals surface area (Å²) in [6, 6.07) is 6.70. The number of hydrogen-bond donors (Lipinski definition) is 0. The number of amidine groups is 1. The van der Waals surface area contributed by atoms with E-state index in [9.17, 15) is 13.6 Å². The van der Waals surface area contributed by atoms with Crippen molar-refractivity contribution in [3.05, 3.63) is 64.0 Å². The largest absolute Gasteiger partial charge is 0.466 e. The van der Waals surface area contributed by atoms with Crippen molar-refractivity contribution in [2.75, 3.05) is 12.0 Å². The molecule has 0 N–H and O–H groups in total. The first-order valence-electron chi connectivity index (χ1n) is 7.16. The lowest BCUT2D eigenvalue weighted by Gasteiger charge is -2.29. The Morgan fingerprint density at radius 3 is 2.54 bits per heavy atom. The molecule has 4 nitrogen and oxygen atoms in total.